The first-order valence-corrected chi connectivity index (χ1v) is 11.6. The smallest absolute Gasteiger partial charge is 0.475 e. The van der Waals surface area contributed by atoms with Gasteiger partial charge in [-0.3, -0.25) is 14.7 Å². The third-order valence-corrected chi connectivity index (χ3v) is 6.53. The van der Waals surface area contributed by atoms with Crippen LogP contribution in [-0.2, 0) is 20.9 Å². The highest BCUT2D eigenvalue weighted by molar-refractivity contribution is 7.09. The summed E-state index contributed by atoms with van der Waals surface area (Å²) < 4.78 is 63.5. The minimum atomic E-state index is -5.08. The molecule has 0 bridgehead atoms. The van der Waals surface area contributed by atoms with Crippen LogP contribution in [0.25, 0.3) is 0 Å². The van der Waals surface area contributed by atoms with Crippen LogP contribution in [0.2, 0.25) is 0 Å². The van der Waals surface area contributed by atoms with E-state index in [4.69, 9.17) is 19.8 Å². The third kappa shape index (κ3) is 9.31. The number of aromatic nitrogens is 1. The van der Waals surface area contributed by atoms with Gasteiger partial charge in [-0.2, -0.15) is 26.3 Å². The molecule has 8 nitrogen and oxygen atoms in total. The van der Waals surface area contributed by atoms with Gasteiger partial charge in [0, 0.05) is 42.4 Å². The third-order valence-electron chi connectivity index (χ3n) is 5.67. The Labute approximate surface area is 210 Å². The number of likely N-dealkylation sites (tertiary alicyclic amines) is 1. The van der Waals surface area contributed by atoms with Crippen molar-refractivity contribution in [3.63, 3.8) is 0 Å². The molecule has 1 amide bonds. The number of hydrogen-bond donors (Lipinski definition) is 3. The zero-order chi connectivity index (χ0) is 27.9. The van der Waals surface area contributed by atoms with Gasteiger partial charge in [-0.1, -0.05) is 6.07 Å². The number of carboxylic acid groups (broad SMARTS) is 2. The maximum atomic E-state index is 12.4. The number of amides is 1. The summed E-state index contributed by atoms with van der Waals surface area (Å²) in [5, 5.41) is 19.7. The highest BCUT2D eigenvalue weighted by Crippen LogP contribution is 2.39. The van der Waals surface area contributed by atoms with E-state index < -0.39 is 24.3 Å². The lowest BCUT2D eigenvalue weighted by Crippen LogP contribution is -2.50. The minimum Gasteiger partial charge on any atom is -0.475 e. The molecule has 4 rings (SSSR count). The van der Waals surface area contributed by atoms with Gasteiger partial charge in [0.05, 0.1) is 5.92 Å². The van der Waals surface area contributed by atoms with Gasteiger partial charge in [0.15, 0.2) is 0 Å². The number of carbonyl (C=O) groups is 3. The van der Waals surface area contributed by atoms with Gasteiger partial charge in [-0.25, -0.2) is 9.59 Å². The Morgan fingerprint density at radius 3 is 1.97 bits per heavy atom. The van der Waals surface area contributed by atoms with E-state index in [-0.39, 0.29) is 17.4 Å². The Morgan fingerprint density at radius 1 is 1.03 bits per heavy atom. The molecule has 2 aliphatic heterocycles. The predicted octanol–water partition coefficient (Wildman–Crippen LogP) is 4.05. The van der Waals surface area contributed by atoms with Crippen molar-refractivity contribution in [2.24, 2.45) is 0 Å². The molecular formula is C22H23F6N3O5S. The van der Waals surface area contributed by atoms with Crippen molar-refractivity contribution in [1.29, 1.82) is 0 Å². The lowest BCUT2D eigenvalue weighted by atomic mass is 9.82. The molecule has 37 heavy (non-hydrogen) atoms. The second kappa shape index (κ2) is 12.4. The first kappa shape index (κ1) is 30.0. The number of alkyl halides is 6. The van der Waals surface area contributed by atoms with Crippen LogP contribution >= 0.6 is 11.3 Å². The molecule has 4 heterocycles. The van der Waals surface area contributed by atoms with E-state index in [0.717, 1.165) is 44.5 Å². The monoisotopic (exact) mass is 555 g/mol. The number of rotatable bonds is 3. The maximum absolute atomic E-state index is 12.4. The molecule has 1 unspecified atom stereocenters. The SMILES string of the molecule is O=C(O)C(F)(F)F.O=C(O)C(F)(F)F.O=C1NC2(CCN(Cc3cccs3)CC2)CC1c1ccncc1. The van der Waals surface area contributed by atoms with Gasteiger partial charge in [0.2, 0.25) is 5.91 Å². The second-order valence-electron chi connectivity index (χ2n) is 8.27. The quantitative estimate of drug-likeness (QED) is 0.489. The predicted molar refractivity (Wildman–Crippen MR) is 119 cm³/mol. The van der Waals surface area contributed by atoms with Gasteiger partial charge >= 0.3 is 24.3 Å². The average Bonchev–Trinajstić information content (AvgIpc) is 3.43. The molecule has 3 N–H and O–H groups in total. The maximum Gasteiger partial charge on any atom is 0.490 e. The molecule has 2 aromatic heterocycles. The van der Waals surface area contributed by atoms with Gasteiger partial charge in [0.1, 0.15) is 0 Å². The van der Waals surface area contributed by atoms with Crippen molar-refractivity contribution in [3.05, 3.63) is 52.5 Å². The number of thiophene rings is 1. The molecule has 1 atom stereocenters. The van der Waals surface area contributed by atoms with Crippen LogP contribution in [0.4, 0.5) is 26.3 Å². The van der Waals surface area contributed by atoms with E-state index in [1.807, 2.05) is 23.5 Å². The number of carbonyl (C=O) groups excluding carboxylic acids is 1. The Kier molecular flexibility index (Phi) is 10.0. The number of aliphatic carboxylic acids is 2. The van der Waals surface area contributed by atoms with E-state index in [9.17, 15) is 31.1 Å². The number of halogens is 6. The lowest BCUT2D eigenvalue weighted by Gasteiger charge is -2.39. The number of nitrogens with zero attached hydrogens (tertiary/aromatic N) is 2. The molecule has 0 aromatic carbocycles. The zero-order valence-corrected chi connectivity index (χ0v) is 19.9. The average molecular weight is 555 g/mol. The van der Waals surface area contributed by atoms with Crippen molar-refractivity contribution in [2.75, 3.05) is 13.1 Å². The molecule has 0 saturated carbocycles. The van der Waals surface area contributed by atoms with Crippen molar-refractivity contribution < 1.29 is 50.9 Å². The number of carboxylic acids is 2. The summed E-state index contributed by atoms with van der Waals surface area (Å²) in [5.74, 6) is -5.34. The molecular weight excluding hydrogens is 532 g/mol. The topological polar surface area (TPSA) is 120 Å². The van der Waals surface area contributed by atoms with Gasteiger partial charge in [-0.15, -0.1) is 11.3 Å². The lowest BCUT2D eigenvalue weighted by molar-refractivity contribution is -0.193. The number of piperidine rings is 1. The molecule has 1 spiro atoms. The fourth-order valence-corrected chi connectivity index (χ4v) is 4.59. The van der Waals surface area contributed by atoms with Crippen molar-refractivity contribution >= 4 is 29.2 Å². The summed E-state index contributed by atoms with van der Waals surface area (Å²) in [5.41, 5.74) is 1.09. The Morgan fingerprint density at radius 2 is 1.54 bits per heavy atom. The highest BCUT2D eigenvalue weighted by atomic mass is 32.1. The summed E-state index contributed by atoms with van der Waals surface area (Å²) in [7, 11) is 0. The molecule has 2 aliphatic rings. The van der Waals surface area contributed by atoms with Crippen molar-refractivity contribution in [1.82, 2.24) is 15.2 Å². The molecule has 0 aliphatic carbocycles. The van der Waals surface area contributed by atoms with Crippen LogP contribution in [0.5, 0.6) is 0 Å². The Bertz CT molecular complexity index is 1020. The van der Waals surface area contributed by atoms with E-state index in [0.29, 0.717) is 0 Å². The van der Waals surface area contributed by atoms with Gasteiger partial charge in [0.25, 0.3) is 0 Å². The standard InChI is InChI=1S/C18H21N3OS.2C2HF3O2/c22-17-16(14-3-7-19-8-4-14)12-18(20-17)5-9-21(10-6-18)13-15-2-1-11-23-15;2*3-2(4,5)1(6)7/h1-4,7-8,11,16H,5-6,9-10,12-13H2,(H,20,22);2*(H,6,7). The van der Waals surface area contributed by atoms with E-state index in [1.54, 1.807) is 12.4 Å². The van der Waals surface area contributed by atoms with Crippen LogP contribution < -0.4 is 5.32 Å². The van der Waals surface area contributed by atoms with Crippen LogP contribution in [0.3, 0.4) is 0 Å². The minimum absolute atomic E-state index is 0.00301. The largest absolute Gasteiger partial charge is 0.490 e. The normalized spacial score (nSPS) is 19.2. The molecule has 2 fully saturated rings. The molecule has 2 saturated heterocycles. The fraction of sp³-hybridized carbons (Fsp3) is 0.455. The zero-order valence-electron chi connectivity index (χ0n) is 19.1. The molecule has 15 heteroatoms. The van der Waals surface area contributed by atoms with Gasteiger partial charge < -0.3 is 15.5 Å². The summed E-state index contributed by atoms with van der Waals surface area (Å²) in [6.07, 6.45) is -3.60. The first-order valence-electron chi connectivity index (χ1n) is 10.7. The first-order chi connectivity index (χ1) is 17.1. The van der Waals surface area contributed by atoms with Crippen LogP contribution in [0.15, 0.2) is 42.0 Å². The van der Waals surface area contributed by atoms with Crippen molar-refractivity contribution in [3.8, 4) is 0 Å². The van der Waals surface area contributed by atoms with Crippen LogP contribution in [0.1, 0.15) is 35.6 Å². The number of pyridine rings is 1. The number of hydrogen-bond acceptors (Lipinski definition) is 6. The Hall–Kier alpha value is -3.20. The summed E-state index contributed by atoms with van der Waals surface area (Å²) in [6, 6.07) is 8.25. The highest BCUT2D eigenvalue weighted by Gasteiger charge is 2.46. The Balaban J connectivity index is 0.000000286. The van der Waals surface area contributed by atoms with Crippen LogP contribution in [-0.4, -0.2) is 68.9 Å². The number of nitrogens with one attached hydrogen (secondary N) is 1. The van der Waals surface area contributed by atoms with Gasteiger partial charge in [-0.05, 0) is 48.4 Å². The molecule has 0 radical (unpaired) electrons. The summed E-state index contributed by atoms with van der Waals surface area (Å²) in [4.78, 5) is 38.2. The van der Waals surface area contributed by atoms with E-state index >= 15 is 0 Å². The summed E-state index contributed by atoms with van der Waals surface area (Å²) >= 11 is 1.82. The van der Waals surface area contributed by atoms with E-state index in [2.05, 4.69) is 32.7 Å². The molecule has 204 valence electrons. The fourth-order valence-electron chi connectivity index (χ4n) is 3.84. The van der Waals surface area contributed by atoms with Crippen LogP contribution in [0, 0.1) is 0 Å². The van der Waals surface area contributed by atoms with E-state index in [1.165, 1.54) is 4.88 Å². The summed E-state index contributed by atoms with van der Waals surface area (Å²) in [6.45, 7) is 3.15. The van der Waals surface area contributed by atoms with Crippen molar-refractivity contribution in [2.45, 2.75) is 49.6 Å². The molecule has 2 aromatic rings. The second-order valence-corrected chi connectivity index (χ2v) is 9.30.